The van der Waals surface area contributed by atoms with Gasteiger partial charge < -0.3 is 28.6 Å². The van der Waals surface area contributed by atoms with Crippen LogP contribution in [0.4, 0.5) is 4.79 Å². The molecule has 0 aliphatic carbocycles. The van der Waals surface area contributed by atoms with Crippen molar-refractivity contribution in [2.24, 2.45) is 5.92 Å². The van der Waals surface area contributed by atoms with Crippen LogP contribution in [0, 0.1) is 5.92 Å². The summed E-state index contributed by atoms with van der Waals surface area (Å²) >= 11 is 0. The van der Waals surface area contributed by atoms with Crippen LogP contribution < -0.4 is 5.32 Å². The molecule has 8 nitrogen and oxygen atoms in total. The van der Waals surface area contributed by atoms with Gasteiger partial charge in [-0.05, 0) is 26.2 Å². The molecule has 25 heavy (non-hydrogen) atoms. The average molecular weight is 377 g/mol. The number of amides is 2. The van der Waals surface area contributed by atoms with Crippen molar-refractivity contribution in [2.45, 2.75) is 33.2 Å². The fourth-order valence-electron chi connectivity index (χ4n) is 2.39. The number of carbonyl (C=O) groups excluding carboxylic acids is 1. The van der Waals surface area contributed by atoms with Gasteiger partial charge in [-0.1, -0.05) is 13.0 Å². The van der Waals surface area contributed by atoms with Crippen molar-refractivity contribution in [1.82, 2.24) is 10.2 Å². The van der Waals surface area contributed by atoms with Crippen LogP contribution in [0.3, 0.4) is 0 Å². The van der Waals surface area contributed by atoms with Gasteiger partial charge in [-0.3, -0.25) is 0 Å². The van der Waals surface area contributed by atoms with Crippen LogP contribution in [-0.2, 0) is 18.1 Å². The monoisotopic (exact) mass is 376 g/mol. The molecule has 0 aromatic rings. The maximum Gasteiger partial charge on any atom is 0.500 e. The number of hydrogen-bond acceptors (Lipinski definition) is 5. The van der Waals surface area contributed by atoms with Crippen molar-refractivity contribution in [3.8, 4) is 0 Å². The van der Waals surface area contributed by atoms with Gasteiger partial charge in [0.1, 0.15) is 0 Å². The first-order valence-corrected chi connectivity index (χ1v) is 10.3. The predicted molar refractivity (Wildman–Crippen MR) is 97.4 cm³/mol. The smallest absolute Gasteiger partial charge is 0.478 e. The van der Waals surface area contributed by atoms with Crippen LogP contribution in [0.25, 0.3) is 0 Å². The number of urea groups is 1. The van der Waals surface area contributed by atoms with Crippen molar-refractivity contribution in [3.63, 3.8) is 0 Å². The third-order valence-corrected chi connectivity index (χ3v) is 7.00. The number of carboxylic acid groups (broad SMARTS) is 1. The van der Waals surface area contributed by atoms with Gasteiger partial charge >= 0.3 is 20.8 Å². The largest absolute Gasteiger partial charge is 0.500 e. The Kier molecular flexibility index (Phi) is 11.3. The second-order valence-electron chi connectivity index (χ2n) is 5.86. The highest BCUT2D eigenvalue weighted by Crippen LogP contribution is 2.20. The van der Waals surface area contributed by atoms with Crippen molar-refractivity contribution in [3.05, 3.63) is 11.6 Å². The Hall–Kier alpha value is -1.42. The van der Waals surface area contributed by atoms with Crippen LogP contribution in [0.5, 0.6) is 0 Å². The number of hydrogen-bond donors (Lipinski definition) is 2. The average Bonchev–Trinajstić information content (AvgIpc) is 2.60. The normalized spacial score (nSPS) is 13.4. The second-order valence-corrected chi connectivity index (χ2v) is 8.86. The van der Waals surface area contributed by atoms with E-state index in [9.17, 15) is 9.59 Å². The van der Waals surface area contributed by atoms with Crippen LogP contribution in [0.1, 0.15) is 27.2 Å². The van der Waals surface area contributed by atoms with E-state index in [1.54, 1.807) is 32.3 Å². The summed E-state index contributed by atoms with van der Waals surface area (Å²) < 4.78 is 16.3. The van der Waals surface area contributed by atoms with E-state index in [0.29, 0.717) is 32.1 Å². The third-order valence-electron chi connectivity index (χ3n) is 3.94. The number of nitrogens with zero attached hydrogens (tertiary/aromatic N) is 1. The number of nitrogens with one attached hydrogen (secondary N) is 1. The maximum absolute atomic E-state index is 12.3. The molecule has 0 aromatic carbocycles. The lowest BCUT2D eigenvalue weighted by atomic mass is 10.2. The zero-order valence-electron chi connectivity index (χ0n) is 16.1. The lowest BCUT2D eigenvalue weighted by Crippen LogP contribution is -2.47. The summed E-state index contributed by atoms with van der Waals surface area (Å²) in [6.07, 6.45) is 2.07. The molecule has 0 heterocycles. The van der Waals surface area contributed by atoms with Crippen molar-refractivity contribution in [2.75, 3.05) is 41.0 Å². The molecule has 0 aromatic heterocycles. The van der Waals surface area contributed by atoms with E-state index in [4.69, 9.17) is 18.4 Å². The predicted octanol–water partition coefficient (Wildman–Crippen LogP) is 1.95. The van der Waals surface area contributed by atoms with Gasteiger partial charge in [0.2, 0.25) is 0 Å². The summed E-state index contributed by atoms with van der Waals surface area (Å²) in [4.78, 5) is 24.7. The Morgan fingerprint density at radius 1 is 1.24 bits per heavy atom. The Bertz CT molecular complexity index is 446. The molecular formula is C16H32N2O6Si. The van der Waals surface area contributed by atoms with Gasteiger partial charge in [0.25, 0.3) is 0 Å². The quantitative estimate of drug-likeness (QED) is 0.307. The summed E-state index contributed by atoms with van der Waals surface area (Å²) in [5, 5.41) is 11.6. The van der Waals surface area contributed by atoms with E-state index in [0.717, 1.165) is 0 Å². The number of rotatable bonds is 12. The number of carboxylic acids is 1. The Morgan fingerprint density at radius 3 is 2.24 bits per heavy atom. The van der Waals surface area contributed by atoms with E-state index in [1.165, 1.54) is 6.92 Å². The fourth-order valence-corrected chi connectivity index (χ4v) is 4.37. The first-order chi connectivity index (χ1) is 11.7. The molecule has 1 unspecified atom stereocenters. The van der Waals surface area contributed by atoms with Gasteiger partial charge in [0.05, 0.1) is 0 Å². The molecule has 0 fully saturated rings. The molecule has 0 aliphatic heterocycles. The van der Waals surface area contributed by atoms with E-state index < -0.39 is 14.8 Å². The van der Waals surface area contributed by atoms with Crippen molar-refractivity contribution >= 4 is 20.8 Å². The molecule has 9 heteroatoms. The molecule has 2 amide bonds. The summed E-state index contributed by atoms with van der Waals surface area (Å²) in [5.74, 6) is -0.802. The first-order valence-electron chi connectivity index (χ1n) is 8.33. The molecule has 1 atom stereocenters. The highest BCUT2D eigenvalue weighted by atomic mass is 28.4. The highest BCUT2D eigenvalue weighted by Gasteiger charge is 2.39. The molecule has 0 bridgehead atoms. The zero-order chi connectivity index (χ0) is 19.5. The maximum atomic E-state index is 12.3. The van der Waals surface area contributed by atoms with Gasteiger partial charge in [0.15, 0.2) is 0 Å². The molecule has 2 N–H and O–H groups in total. The first kappa shape index (κ1) is 23.6. The second kappa shape index (κ2) is 12.0. The van der Waals surface area contributed by atoms with E-state index in [2.05, 4.69) is 5.32 Å². The van der Waals surface area contributed by atoms with Gasteiger partial charge in [-0.25, -0.2) is 9.59 Å². The molecule has 0 radical (unpaired) electrons. The SMILES string of the molecule is CCN(CC(C)C[Si](OC)(OC)OC)C(=O)NCCC=C(C)C(=O)O. The van der Waals surface area contributed by atoms with E-state index in [-0.39, 0.29) is 17.5 Å². The lowest BCUT2D eigenvalue weighted by molar-refractivity contribution is -0.132. The Labute approximate surface area is 151 Å². The van der Waals surface area contributed by atoms with Gasteiger partial charge in [0, 0.05) is 52.6 Å². The van der Waals surface area contributed by atoms with Crippen LogP contribution in [-0.4, -0.2) is 71.8 Å². The van der Waals surface area contributed by atoms with Crippen LogP contribution >= 0.6 is 0 Å². The van der Waals surface area contributed by atoms with Gasteiger partial charge in [-0.2, -0.15) is 0 Å². The standard InChI is InChI=1S/C16H32N2O6Si/c1-7-18(11-13(2)12-25(22-4,23-5)24-6)16(21)17-10-8-9-14(3)15(19)20/h9,13H,7-8,10-12H2,1-6H3,(H,17,21)(H,19,20). The molecule has 0 rings (SSSR count). The molecule has 0 saturated heterocycles. The number of aliphatic carboxylic acids is 1. The van der Waals surface area contributed by atoms with Crippen LogP contribution in [0.15, 0.2) is 11.6 Å². The summed E-state index contributed by atoms with van der Waals surface area (Å²) in [5.41, 5.74) is 0.273. The van der Waals surface area contributed by atoms with Crippen molar-refractivity contribution < 1.29 is 28.0 Å². The Balaban J connectivity index is 4.49. The highest BCUT2D eigenvalue weighted by molar-refractivity contribution is 6.60. The molecule has 0 spiro atoms. The minimum Gasteiger partial charge on any atom is -0.478 e. The van der Waals surface area contributed by atoms with Gasteiger partial charge in [-0.15, -0.1) is 0 Å². The number of carbonyl (C=O) groups is 2. The molecule has 0 saturated carbocycles. The topological polar surface area (TPSA) is 97.3 Å². The van der Waals surface area contributed by atoms with Crippen molar-refractivity contribution in [1.29, 1.82) is 0 Å². The van der Waals surface area contributed by atoms with E-state index in [1.807, 2.05) is 13.8 Å². The molecule has 0 aliphatic rings. The minimum absolute atomic E-state index is 0.145. The summed E-state index contributed by atoms with van der Waals surface area (Å²) in [6.45, 7) is 6.98. The Morgan fingerprint density at radius 2 is 1.80 bits per heavy atom. The fraction of sp³-hybridized carbons (Fsp3) is 0.750. The molecule has 146 valence electrons. The lowest BCUT2D eigenvalue weighted by Gasteiger charge is -2.30. The minimum atomic E-state index is -2.67. The summed E-state index contributed by atoms with van der Waals surface area (Å²) in [7, 11) is 2.05. The zero-order valence-corrected chi connectivity index (χ0v) is 17.1. The van der Waals surface area contributed by atoms with E-state index >= 15 is 0 Å². The third kappa shape index (κ3) is 8.48. The molecular weight excluding hydrogens is 344 g/mol. The van der Waals surface area contributed by atoms with Crippen LogP contribution in [0.2, 0.25) is 6.04 Å². The summed E-state index contributed by atoms with van der Waals surface area (Å²) in [6, 6.07) is 0.441.